The monoisotopic (exact) mass is 457 g/mol. The molecule has 0 saturated carbocycles. The van der Waals surface area contributed by atoms with Gasteiger partial charge >= 0.3 is 5.97 Å². The molecule has 0 amide bonds. The number of hydrogen-bond acceptors (Lipinski definition) is 5. The van der Waals surface area contributed by atoms with E-state index in [-0.39, 0.29) is 12.3 Å². The van der Waals surface area contributed by atoms with Crippen LogP contribution in [-0.2, 0) is 4.74 Å². The van der Waals surface area contributed by atoms with E-state index in [0.717, 1.165) is 21.2 Å². The van der Waals surface area contributed by atoms with Crippen LogP contribution < -0.4 is 5.32 Å². The largest absolute Gasteiger partial charge is 0.462 e. The number of Topliss-reactive ketones (excluding diaryl/α,β-unsaturated/α-hetero) is 1. The van der Waals surface area contributed by atoms with Gasteiger partial charge in [-0.1, -0.05) is 57.9 Å². The molecule has 4 nitrogen and oxygen atoms in total. The van der Waals surface area contributed by atoms with Gasteiger partial charge in [0.05, 0.1) is 13.2 Å². The Balaban J connectivity index is 1.85. The highest BCUT2D eigenvalue weighted by Gasteiger charge is 2.22. The second-order valence-corrected chi connectivity index (χ2v) is 8.02. The Morgan fingerprint density at radius 2 is 1.75 bits per heavy atom. The third kappa shape index (κ3) is 4.69. The van der Waals surface area contributed by atoms with Crippen LogP contribution in [-0.4, -0.2) is 24.9 Å². The zero-order chi connectivity index (χ0) is 20.1. The van der Waals surface area contributed by atoms with E-state index in [1.54, 1.807) is 19.1 Å². The Hall–Kier alpha value is -2.44. The maximum Gasteiger partial charge on any atom is 0.341 e. The zero-order valence-electron chi connectivity index (χ0n) is 15.6. The first-order valence-electron chi connectivity index (χ1n) is 8.88. The normalized spacial score (nSPS) is 10.5. The Morgan fingerprint density at radius 3 is 2.39 bits per heavy atom. The minimum Gasteiger partial charge on any atom is -0.462 e. The summed E-state index contributed by atoms with van der Waals surface area (Å²) in [6.45, 7) is 4.19. The number of esters is 1. The summed E-state index contributed by atoms with van der Waals surface area (Å²) in [5.41, 5.74) is 3.98. The lowest BCUT2D eigenvalue weighted by atomic mass is 10.0. The van der Waals surface area contributed by atoms with E-state index in [4.69, 9.17) is 4.74 Å². The molecule has 0 radical (unpaired) electrons. The van der Waals surface area contributed by atoms with Crippen molar-refractivity contribution in [1.82, 2.24) is 0 Å². The van der Waals surface area contributed by atoms with Crippen molar-refractivity contribution in [3.05, 3.63) is 75.1 Å². The molecule has 2 aromatic carbocycles. The molecule has 0 bridgehead atoms. The number of thiophene rings is 1. The van der Waals surface area contributed by atoms with Crippen molar-refractivity contribution < 1.29 is 14.3 Å². The maximum absolute atomic E-state index is 12.6. The van der Waals surface area contributed by atoms with E-state index >= 15 is 0 Å². The fraction of sp³-hybridized carbons (Fsp3) is 0.182. The van der Waals surface area contributed by atoms with Crippen molar-refractivity contribution in [3.63, 3.8) is 0 Å². The first-order valence-corrected chi connectivity index (χ1v) is 10.5. The van der Waals surface area contributed by atoms with Gasteiger partial charge in [0.15, 0.2) is 5.78 Å². The molecule has 0 aliphatic rings. The minimum absolute atomic E-state index is 0.0485. The highest BCUT2D eigenvalue weighted by molar-refractivity contribution is 9.10. The average Bonchev–Trinajstić information content (AvgIpc) is 3.11. The van der Waals surface area contributed by atoms with Crippen LogP contribution in [0.5, 0.6) is 0 Å². The third-order valence-electron chi connectivity index (χ3n) is 4.21. The molecule has 0 atom stereocenters. The van der Waals surface area contributed by atoms with Crippen molar-refractivity contribution in [3.8, 4) is 11.1 Å². The van der Waals surface area contributed by atoms with Gasteiger partial charge in [-0.25, -0.2) is 4.79 Å². The summed E-state index contributed by atoms with van der Waals surface area (Å²) in [5, 5.41) is 5.68. The first kappa shape index (κ1) is 20.3. The highest BCUT2D eigenvalue weighted by atomic mass is 79.9. The molecule has 3 rings (SSSR count). The maximum atomic E-state index is 12.6. The minimum atomic E-state index is -0.391. The summed E-state index contributed by atoms with van der Waals surface area (Å²) in [4.78, 5) is 25.1. The van der Waals surface area contributed by atoms with Crippen molar-refractivity contribution in [2.45, 2.75) is 13.8 Å². The van der Waals surface area contributed by atoms with Crippen LogP contribution >= 0.6 is 27.3 Å². The predicted molar refractivity (Wildman–Crippen MR) is 117 cm³/mol. The summed E-state index contributed by atoms with van der Waals surface area (Å²) < 4.78 is 6.17. The topological polar surface area (TPSA) is 55.4 Å². The molecule has 0 saturated heterocycles. The number of nitrogens with one attached hydrogen (secondary N) is 1. The summed E-state index contributed by atoms with van der Waals surface area (Å²) in [7, 11) is 0. The number of halogens is 1. The van der Waals surface area contributed by atoms with Gasteiger partial charge in [0.1, 0.15) is 10.6 Å². The Morgan fingerprint density at radius 1 is 1.07 bits per heavy atom. The van der Waals surface area contributed by atoms with Crippen LogP contribution in [0.15, 0.2) is 58.4 Å². The molecule has 144 valence electrons. The van der Waals surface area contributed by atoms with Gasteiger partial charge in [-0.05, 0) is 31.5 Å². The van der Waals surface area contributed by atoms with Gasteiger partial charge in [-0.15, -0.1) is 11.3 Å². The van der Waals surface area contributed by atoms with Crippen molar-refractivity contribution in [2.75, 3.05) is 18.5 Å². The lowest BCUT2D eigenvalue weighted by Gasteiger charge is -2.09. The number of rotatable bonds is 7. The molecule has 0 aliphatic carbocycles. The number of hydrogen-bond donors (Lipinski definition) is 1. The number of carbonyl (C=O) groups is 2. The molecule has 6 heteroatoms. The average molecular weight is 458 g/mol. The lowest BCUT2D eigenvalue weighted by Crippen LogP contribution is -2.15. The van der Waals surface area contributed by atoms with Gasteiger partial charge in [0.25, 0.3) is 0 Å². The van der Waals surface area contributed by atoms with Crippen LogP contribution in [0.25, 0.3) is 11.1 Å². The van der Waals surface area contributed by atoms with Crippen molar-refractivity contribution >= 4 is 44.0 Å². The van der Waals surface area contributed by atoms with Crippen LogP contribution in [0.1, 0.15) is 33.2 Å². The van der Waals surface area contributed by atoms with E-state index < -0.39 is 5.97 Å². The second kappa shape index (κ2) is 9.17. The summed E-state index contributed by atoms with van der Waals surface area (Å²) in [6, 6.07) is 15.2. The SMILES string of the molecule is CCOC(=O)c1c(-c2ccc(C)cc2)csc1NCC(=O)c1ccc(Br)cc1. The Kier molecular flexibility index (Phi) is 6.65. The van der Waals surface area contributed by atoms with Crippen molar-refractivity contribution in [2.24, 2.45) is 0 Å². The van der Waals surface area contributed by atoms with Gasteiger partial charge in [0.2, 0.25) is 0 Å². The summed E-state index contributed by atoms with van der Waals surface area (Å²) >= 11 is 4.76. The number of carbonyl (C=O) groups excluding carboxylic acids is 2. The molecular formula is C22H20BrNO3S. The molecule has 1 aromatic heterocycles. The van der Waals surface area contributed by atoms with E-state index in [1.807, 2.05) is 48.7 Å². The fourth-order valence-electron chi connectivity index (χ4n) is 2.74. The number of ether oxygens (including phenoxy) is 1. The van der Waals surface area contributed by atoms with Crippen LogP contribution in [0.2, 0.25) is 0 Å². The molecule has 0 unspecified atom stereocenters. The molecular weight excluding hydrogens is 438 g/mol. The molecule has 1 N–H and O–H groups in total. The van der Waals surface area contributed by atoms with Crippen LogP contribution in [0, 0.1) is 6.92 Å². The molecule has 0 fully saturated rings. The zero-order valence-corrected chi connectivity index (χ0v) is 18.0. The molecule has 1 heterocycles. The smallest absolute Gasteiger partial charge is 0.341 e. The van der Waals surface area contributed by atoms with Gasteiger partial charge in [0, 0.05) is 21.0 Å². The molecule has 28 heavy (non-hydrogen) atoms. The lowest BCUT2D eigenvalue weighted by molar-refractivity contribution is 0.0528. The fourth-order valence-corrected chi connectivity index (χ4v) is 3.96. The van der Waals surface area contributed by atoms with Gasteiger partial charge in [-0.2, -0.15) is 0 Å². The summed E-state index contributed by atoms with van der Waals surface area (Å²) in [5.74, 6) is -0.439. The first-order chi connectivity index (χ1) is 13.5. The number of benzene rings is 2. The van der Waals surface area contributed by atoms with E-state index in [1.165, 1.54) is 11.3 Å². The standard InChI is InChI=1S/C22H20BrNO3S/c1-3-27-22(26)20-18(15-6-4-14(2)5-7-15)13-28-21(20)24-12-19(25)16-8-10-17(23)11-9-16/h4-11,13,24H,3,12H2,1-2H3. The third-order valence-corrected chi connectivity index (χ3v) is 5.68. The highest BCUT2D eigenvalue weighted by Crippen LogP contribution is 2.36. The summed E-state index contributed by atoms with van der Waals surface area (Å²) in [6.07, 6.45) is 0. The Bertz CT molecular complexity index is 978. The van der Waals surface area contributed by atoms with Crippen LogP contribution in [0.3, 0.4) is 0 Å². The Labute approximate surface area is 176 Å². The number of aryl methyl sites for hydroxylation is 1. The quantitative estimate of drug-likeness (QED) is 0.351. The molecule has 3 aromatic rings. The van der Waals surface area contributed by atoms with E-state index in [9.17, 15) is 9.59 Å². The number of ketones is 1. The predicted octanol–water partition coefficient (Wildman–Crippen LogP) is 5.96. The molecule has 0 aliphatic heterocycles. The van der Waals surface area contributed by atoms with Gasteiger partial charge < -0.3 is 10.1 Å². The number of anilines is 1. The second-order valence-electron chi connectivity index (χ2n) is 6.22. The molecule has 0 spiro atoms. The van der Waals surface area contributed by atoms with E-state index in [0.29, 0.717) is 22.7 Å². The van der Waals surface area contributed by atoms with Crippen molar-refractivity contribution in [1.29, 1.82) is 0 Å². The van der Waals surface area contributed by atoms with Crippen LogP contribution in [0.4, 0.5) is 5.00 Å². The van der Waals surface area contributed by atoms with Gasteiger partial charge in [-0.3, -0.25) is 4.79 Å². The van der Waals surface area contributed by atoms with E-state index in [2.05, 4.69) is 21.2 Å².